The van der Waals surface area contributed by atoms with Crippen LogP contribution in [0.25, 0.3) is 0 Å². The number of carboxylic acid groups (broad SMARTS) is 1. The Hall–Kier alpha value is -1.52. The topological polar surface area (TPSA) is 66.8 Å². The minimum Gasteiger partial charge on any atom is -0.481 e. The first-order chi connectivity index (χ1) is 7.93. The third-order valence-electron chi connectivity index (χ3n) is 3.87. The summed E-state index contributed by atoms with van der Waals surface area (Å²) in [5, 5.41) is 9.06. The maximum atomic E-state index is 11.7. The van der Waals surface area contributed by atoms with Gasteiger partial charge < -0.3 is 14.7 Å². The predicted octanol–water partition coefficient (Wildman–Crippen LogP) is 1.64. The molecule has 0 atom stereocenters. The highest BCUT2D eigenvalue weighted by atomic mass is 16.6. The van der Waals surface area contributed by atoms with Gasteiger partial charge in [0.15, 0.2) is 0 Å². The van der Waals surface area contributed by atoms with Gasteiger partial charge in [-0.25, -0.2) is 4.79 Å². The monoisotopic (exact) mass is 239 g/mol. The Morgan fingerprint density at radius 3 is 2.59 bits per heavy atom. The van der Waals surface area contributed by atoms with Crippen molar-refractivity contribution >= 4 is 12.1 Å². The van der Waals surface area contributed by atoms with E-state index in [1.54, 1.807) is 11.8 Å². The third kappa shape index (κ3) is 1.69. The first-order valence-corrected chi connectivity index (χ1v) is 5.72. The molecule has 1 saturated heterocycles. The maximum absolute atomic E-state index is 11.7. The molecule has 0 radical (unpaired) electrons. The summed E-state index contributed by atoms with van der Waals surface area (Å²) >= 11 is 0. The molecule has 5 nitrogen and oxygen atoms in total. The lowest BCUT2D eigenvalue weighted by atomic mass is 9.53. The van der Waals surface area contributed by atoms with Gasteiger partial charge in [-0.2, -0.15) is 0 Å². The SMILES string of the molecule is C=CCOC(=O)N1CCC12CC(C)(C(=O)O)C2. The maximum Gasteiger partial charge on any atom is 0.410 e. The summed E-state index contributed by atoms with van der Waals surface area (Å²) in [6.45, 7) is 6.06. The third-order valence-corrected chi connectivity index (χ3v) is 3.87. The molecule has 0 aromatic heterocycles. The molecule has 94 valence electrons. The summed E-state index contributed by atoms with van der Waals surface area (Å²) in [5.74, 6) is -0.783. The number of hydrogen-bond acceptors (Lipinski definition) is 3. The Kier molecular flexibility index (Phi) is 2.64. The number of rotatable bonds is 3. The van der Waals surface area contributed by atoms with Gasteiger partial charge in [0.2, 0.25) is 0 Å². The molecule has 1 amide bonds. The summed E-state index contributed by atoms with van der Waals surface area (Å²) in [4.78, 5) is 24.4. The average Bonchev–Trinajstić information content (AvgIpc) is 2.19. The van der Waals surface area contributed by atoms with Crippen molar-refractivity contribution < 1.29 is 19.4 Å². The summed E-state index contributed by atoms with van der Waals surface area (Å²) in [7, 11) is 0. The van der Waals surface area contributed by atoms with Gasteiger partial charge in [-0.3, -0.25) is 4.79 Å². The molecule has 17 heavy (non-hydrogen) atoms. The molecule has 2 aliphatic rings. The van der Waals surface area contributed by atoms with Crippen LogP contribution in [0.2, 0.25) is 0 Å². The molecule has 1 saturated carbocycles. The molecular formula is C12H17NO4. The molecule has 1 spiro atoms. The van der Waals surface area contributed by atoms with Crippen molar-refractivity contribution in [3.8, 4) is 0 Å². The molecule has 1 aliphatic heterocycles. The zero-order valence-electron chi connectivity index (χ0n) is 9.94. The van der Waals surface area contributed by atoms with Crippen molar-refractivity contribution in [3.05, 3.63) is 12.7 Å². The second kappa shape index (κ2) is 3.75. The van der Waals surface area contributed by atoms with Crippen LogP contribution in [0.5, 0.6) is 0 Å². The van der Waals surface area contributed by atoms with Crippen LogP contribution in [0, 0.1) is 5.41 Å². The normalized spacial score (nSPS) is 34.8. The van der Waals surface area contributed by atoms with E-state index in [4.69, 9.17) is 9.84 Å². The lowest BCUT2D eigenvalue weighted by molar-refractivity contribution is -0.177. The van der Waals surface area contributed by atoms with E-state index in [1.165, 1.54) is 6.08 Å². The number of ether oxygens (including phenoxy) is 1. The first kappa shape index (κ1) is 12.0. The number of nitrogens with zero attached hydrogens (tertiary/aromatic N) is 1. The van der Waals surface area contributed by atoms with Gasteiger partial charge in [0.1, 0.15) is 6.61 Å². The molecule has 0 aromatic rings. The summed E-state index contributed by atoms with van der Waals surface area (Å²) in [6, 6.07) is 0. The molecule has 0 unspecified atom stereocenters. The second-order valence-corrected chi connectivity index (χ2v) is 5.21. The first-order valence-electron chi connectivity index (χ1n) is 5.72. The Labute approximate surface area is 100 Å². The summed E-state index contributed by atoms with van der Waals surface area (Å²) in [5.41, 5.74) is -0.942. The zero-order chi connectivity index (χ0) is 12.7. The fourth-order valence-corrected chi connectivity index (χ4v) is 2.95. The Morgan fingerprint density at radius 2 is 2.18 bits per heavy atom. The molecule has 1 N–H and O–H groups in total. The Morgan fingerprint density at radius 1 is 1.53 bits per heavy atom. The lowest BCUT2D eigenvalue weighted by Gasteiger charge is -2.63. The van der Waals surface area contributed by atoms with E-state index in [2.05, 4.69) is 6.58 Å². The highest BCUT2D eigenvalue weighted by Gasteiger charge is 2.64. The van der Waals surface area contributed by atoms with Crippen molar-refractivity contribution in [2.75, 3.05) is 13.2 Å². The molecule has 0 aromatic carbocycles. The van der Waals surface area contributed by atoms with E-state index in [0.717, 1.165) is 6.42 Å². The van der Waals surface area contributed by atoms with Gasteiger partial charge in [0, 0.05) is 6.54 Å². The number of likely N-dealkylation sites (tertiary alicyclic amines) is 1. The number of aliphatic carboxylic acids is 1. The summed E-state index contributed by atoms with van der Waals surface area (Å²) in [6.07, 6.45) is 3.09. The number of carbonyl (C=O) groups is 2. The van der Waals surface area contributed by atoms with Gasteiger partial charge in [-0.1, -0.05) is 12.7 Å². The number of amides is 1. The van der Waals surface area contributed by atoms with Gasteiger partial charge in [0.25, 0.3) is 0 Å². The van der Waals surface area contributed by atoms with E-state index in [9.17, 15) is 9.59 Å². The van der Waals surface area contributed by atoms with Crippen LogP contribution >= 0.6 is 0 Å². The molecule has 5 heteroatoms. The quantitative estimate of drug-likeness (QED) is 0.760. The number of carboxylic acids is 1. The van der Waals surface area contributed by atoms with Crippen LogP contribution in [0.4, 0.5) is 4.79 Å². The smallest absolute Gasteiger partial charge is 0.410 e. The summed E-state index contributed by atoms with van der Waals surface area (Å²) < 4.78 is 4.98. The van der Waals surface area contributed by atoms with Crippen LogP contribution in [-0.4, -0.2) is 40.8 Å². The van der Waals surface area contributed by atoms with Gasteiger partial charge >= 0.3 is 12.1 Å². The van der Waals surface area contributed by atoms with Crippen molar-refractivity contribution in [3.63, 3.8) is 0 Å². The van der Waals surface area contributed by atoms with Crippen LogP contribution in [0.15, 0.2) is 12.7 Å². The predicted molar refractivity (Wildman–Crippen MR) is 60.6 cm³/mol. The molecule has 0 bridgehead atoms. The standard InChI is InChI=1S/C12H17NO4/c1-3-6-17-10(16)13-5-4-12(13)7-11(2,8-12)9(14)15/h3H,1,4-8H2,2H3,(H,14,15). The fraction of sp³-hybridized carbons (Fsp3) is 0.667. The lowest BCUT2D eigenvalue weighted by Crippen LogP contribution is -2.72. The van der Waals surface area contributed by atoms with Crippen molar-refractivity contribution in [1.82, 2.24) is 4.90 Å². The van der Waals surface area contributed by atoms with E-state index < -0.39 is 11.4 Å². The Balaban J connectivity index is 1.95. The van der Waals surface area contributed by atoms with Crippen molar-refractivity contribution in [1.29, 1.82) is 0 Å². The largest absolute Gasteiger partial charge is 0.481 e. The highest BCUT2D eigenvalue weighted by Crippen LogP contribution is 2.57. The van der Waals surface area contributed by atoms with E-state index in [1.807, 2.05) is 0 Å². The Bertz CT molecular complexity index is 371. The fourth-order valence-electron chi connectivity index (χ4n) is 2.95. The highest BCUT2D eigenvalue weighted by molar-refractivity contribution is 5.78. The average molecular weight is 239 g/mol. The van der Waals surface area contributed by atoms with E-state index in [0.29, 0.717) is 19.4 Å². The molecule has 2 fully saturated rings. The molecule has 1 heterocycles. The van der Waals surface area contributed by atoms with Crippen LogP contribution in [0.1, 0.15) is 26.2 Å². The van der Waals surface area contributed by atoms with Gasteiger partial charge in [-0.15, -0.1) is 0 Å². The minimum absolute atomic E-state index is 0.196. The molecule has 1 aliphatic carbocycles. The molecule has 2 rings (SSSR count). The van der Waals surface area contributed by atoms with Gasteiger partial charge in [-0.05, 0) is 26.2 Å². The van der Waals surface area contributed by atoms with E-state index >= 15 is 0 Å². The van der Waals surface area contributed by atoms with Crippen molar-refractivity contribution in [2.24, 2.45) is 5.41 Å². The van der Waals surface area contributed by atoms with E-state index in [-0.39, 0.29) is 18.2 Å². The van der Waals surface area contributed by atoms with Crippen LogP contribution in [-0.2, 0) is 9.53 Å². The van der Waals surface area contributed by atoms with Crippen LogP contribution in [0.3, 0.4) is 0 Å². The van der Waals surface area contributed by atoms with Gasteiger partial charge in [0.05, 0.1) is 11.0 Å². The second-order valence-electron chi connectivity index (χ2n) is 5.21. The molecular weight excluding hydrogens is 222 g/mol. The number of hydrogen-bond donors (Lipinski definition) is 1. The number of carbonyl (C=O) groups excluding carboxylic acids is 1. The van der Waals surface area contributed by atoms with Crippen LogP contribution < -0.4 is 0 Å². The minimum atomic E-state index is -0.783. The van der Waals surface area contributed by atoms with Crippen molar-refractivity contribution in [2.45, 2.75) is 31.7 Å². The zero-order valence-corrected chi connectivity index (χ0v) is 9.94.